The molecule has 0 bridgehead atoms. The van der Waals surface area contributed by atoms with E-state index in [-0.39, 0.29) is 81.6 Å². The number of carbonyl (C=O) groups excluding carboxylic acids is 9. The fourth-order valence-corrected chi connectivity index (χ4v) is 6.97. The molecule has 2 aliphatic rings. The number of epoxide rings is 1. The van der Waals surface area contributed by atoms with Crippen LogP contribution in [0.25, 0.3) is 0 Å². The van der Waals surface area contributed by atoms with E-state index in [9.17, 15) is 53.1 Å². The largest absolute Gasteiger partial charge is 0.480 e. The zero-order valence-corrected chi connectivity index (χ0v) is 42.0. The molecule has 0 spiro atoms. The maximum absolute atomic E-state index is 13.1. The zero-order valence-electron chi connectivity index (χ0n) is 42.0. The fraction of sp³-hybridized carbons (Fsp3) is 0.633. The SMILES string of the molecule is CC.CC(C)CC(NC(=O)C(C)(C)CNC(=O)[C@@H](C)NC(=O)/C=C/CCC(C)C1OC1c1ccc(CNC(=O)C(C)NC(=O)[C@@H](NC(=O)CCCC(=O)ON2C(=O)CCC2=O)C(C)C)cc1)C(=O)O. The van der Waals surface area contributed by atoms with Crippen molar-refractivity contribution in [1.29, 1.82) is 0 Å². The molecule has 20 heteroatoms. The van der Waals surface area contributed by atoms with Crippen molar-refractivity contribution in [2.75, 3.05) is 6.54 Å². The maximum Gasteiger partial charge on any atom is 0.333 e. The molecule has 20 nitrogen and oxygen atoms in total. The molecule has 0 saturated carbocycles. The molecule has 3 rings (SSSR count). The van der Waals surface area contributed by atoms with E-state index in [0.29, 0.717) is 11.5 Å². The van der Waals surface area contributed by atoms with Gasteiger partial charge in [-0.15, -0.1) is 5.06 Å². The molecule has 2 aliphatic heterocycles. The summed E-state index contributed by atoms with van der Waals surface area (Å²) in [5.41, 5.74) is 0.704. The van der Waals surface area contributed by atoms with Crippen molar-refractivity contribution < 1.29 is 62.6 Å². The van der Waals surface area contributed by atoms with Gasteiger partial charge in [-0.2, -0.15) is 0 Å². The first-order valence-corrected chi connectivity index (χ1v) is 23.9. The number of benzene rings is 1. The average Bonchev–Trinajstić information content (AvgIpc) is 4.04. The van der Waals surface area contributed by atoms with Gasteiger partial charge in [0.15, 0.2) is 0 Å². The van der Waals surface area contributed by atoms with Gasteiger partial charge in [-0.3, -0.25) is 38.4 Å². The third-order valence-corrected chi connectivity index (χ3v) is 11.3. The molecular formula is C49H75N7O13. The minimum Gasteiger partial charge on any atom is -0.480 e. The number of nitrogens with one attached hydrogen (secondary N) is 6. The summed E-state index contributed by atoms with van der Waals surface area (Å²) in [5.74, 6) is -6.18. The molecule has 384 valence electrons. The summed E-state index contributed by atoms with van der Waals surface area (Å²) >= 11 is 0. The summed E-state index contributed by atoms with van der Waals surface area (Å²) in [6.45, 7) is 19.6. The predicted molar refractivity (Wildman–Crippen MR) is 254 cm³/mol. The third-order valence-electron chi connectivity index (χ3n) is 11.3. The van der Waals surface area contributed by atoms with Crippen LogP contribution in [0.15, 0.2) is 36.4 Å². The van der Waals surface area contributed by atoms with Crippen LogP contribution in [0.3, 0.4) is 0 Å². The molecule has 1 aromatic rings. The number of carboxylic acids is 1. The number of hydroxylamine groups is 2. The standard InChI is InChI=1S/C47H69N7O13.C2H6/c1-26(2)23-33(45(63)64)52-46(65)47(8,9)25-49-43(61)29(6)50-34(55)14-11-10-13-28(5)40-41(66-40)32-19-17-31(18-20-32)24-48-42(60)30(7)51-44(62)39(27(3)4)53-35(56)15-12-16-38(59)67-54-36(57)21-22-37(54)58;1-2/h11,14,17-20,26-30,33,39-41H,10,12-13,15-16,21-25H2,1-9H3,(H,48,60)(H,49,61)(H,50,55)(H,51,62)(H,52,65)(H,53,56)(H,63,64);1-2H3/b14-11+;/t28?,29-,30?,33?,39+,40?,41?;/m1./s1. The first-order valence-electron chi connectivity index (χ1n) is 23.9. The molecule has 5 unspecified atom stereocenters. The van der Waals surface area contributed by atoms with Crippen LogP contribution in [0.5, 0.6) is 0 Å². The number of nitrogens with zero attached hydrogens (tertiary/aromatic N) is 1. The molecule has 2 heterocycles. The maximum atomic E-state index is 13.1. The van der Waals surface area contributed by atoms with Crippen molar-refractivity contribution in [2.24, 2.45) is 23.2 Å². The lowest BCUT2D eigenvalue weighted by Crippen LogP contribution is -2.54. The highest BCUT2D eigenvalue weighted by atomic mass is 16.7. The van der Waals surface area contributed by atoms with Gasteiger partial charge in [-0.05, 0) is 88.3 Å². The Morgan fingerprint density at radius 1 is 0.812 bits per heavy atom. The van der Waals surface area contributed by atoms with Gasteiger partial charge in [0.1, 0.15) is 30.3 Å². The number of hydrogen-bond acceptors (Lipinski definition) is 12. The second-order valence-corrected chi connectivity index (χ2v) is 18.7. The Balaban J connectivity index is 0.00000805. The number of carboxylic acid groups (broad SMARTS) is 1. The van der Waals surface area contributed by atoms with Gasteiger partial charge in [0, 0.05) is 38.8 Å². The molecule has 8 amide bonds. The lowest BCUT2D eigenvalue weighted by molar-refractivity contribution is -0.197. The normalized spacial score (nSPS) is 17.7. The van der Waals surface area contributed by atoms with Gasteiger partial charge >= 0.3 is 11.9 Å². The highest BCUT2D eigenvalue weighted by molar-refractivity contribution is 6.01. The lowest BCUT2D eigenvalue weighted by atomic mass is 9.91. The van der Waals surface area contributed by atoms with E-state index in [1.54, 1.807) is 33.8 Å². The summed E-state index contributed by atoms with van der Waals surface area (Å²) in [5, 5.41) is 25.8. The summed E-state index contributed by atoms with van der Waals surface area (Å²) in [7, 11) is 0. The topological polar surface area (TPSA) is 288 Å². The van der Waals surface area contributed by atoms with Gasteiger partial charge in [0.2, 0.25) is 35.4 Å². The molecule has 2 saturated heterocycles. The number of aliphatic carboxylic acids is 1. The van der Waals surface area contributed by atoms with E-state index in [1.165, 1.54) is 19.9 Å². The van der Waals surface area contributed by atoms with Crippen molar-refractivity contribution in [3.63, 3.8) is 0 Å². The van der Waals surface area contributed by atoms with Crippen LogP contribution >= 0.6 is 0 Å². The number of hydrogen-bond donors (Lipinski definition) is 7. The Morgan fingerprint density at radius 2 is 1.41 bits per heavy atom. The van der Waals surface area contributed by atoms with Crippen molar-refractivity contribution in [3.05, 3.63) is 47.5 Å². The minimum atomic E-state index is -1.13. The molecule has 0 radical (unpaired) electrons. The van der Waals surface area contributed by atoms with E-state index in [0.717, 1.165) is 17.5 Å². The predicted octanol–water partition coefficient (Wildman–Crippen LogP) is 3.43. The van der Waals surface area contributed by atoms with E-state index in [4.69, 9.17) is 9.57 Å². The monoisotopic (exact) mass is 970 g/mol. The lowest BCUT2D eigenvalue weighted by Gasteiger charge is -2.27. The van der Waals surface area contributed by atoms with E-state index in [2.05, 4.69) is 38.8 Å². The van der Waals surface area contributed by atoms with E-state index >= 15 is 0 Å². The van der Waals surface area contributed by atoms with E-state index in [1.807, 2.05) is 52.0 Å². The van der Waals surface area contributed by atoms with Crippen molar-refractivity contribution in [1.82, 2.24) is 37.0 Å². The molecular weight excluding hydrogens is 895 g/mol. The Morgan fingerprint density at radius 3 is 1.99 bits per heavy atom. The molecule has 1 aromatic carbocycles. The number of allylic oxidation sites excluding steroid dienone is 1. The number of amides is 8. The van der Waals surface area contributed by atoms with Crippen molar-refractivity contribution >= 4 is 59.2 Å². The Hall–Kier alpha value is -6.18. The van der Waals surface area contributed by atoms with Gasteiger partial charge in [0.25, 0.3) is 11.8 Å². The Kier molecular flexibility index (Phi) is 24.2. The smallest absolute Gasteiger partial charge is 0.333 e. The van der Waals surface area contributed by atoms with E-state index < -0.39 is 88.8 Å². The number of carbonyl (C=O) groups is 10. The molecule has 2 fully saturated rings. The summed E-state index contributed by atoms with van der Waals surface area (Å²) < 4.78 is 5.98. The van der Waals surface area contributed by atoms with Crippen LogP contribution in [-0.2, 0) is 64.1 Å². The first kappa shape index (κ1) is 58.9. The van der Waals surface area contributed by atoms with Crippen LogP contribution in [0.2, 0.25) is 0 Å². The minimum absolute atomic E-state index is 0.0125. The van der Waals surface area contributed by atoms with Crippen LogP contribution < -0.4 is 31.9 Å². The summed E-state index contributed by atoms with van der Waals surface area (Å²) in [6, 6.07) is 3.82. The average molecular weight is 970 g/mol. The highest BCUT2D eigenvalue weighted by Crippen LogP contribution is 2.44. The molecule has 7 N–H and O–H groups in total. The first-order chi connectivity index (χ1) is 32.4. The van der Waals surface area contributed by atoms with Crippen LogP contribution in [0.4, 0.5) is 0 Å². The quantitative estimate of drug-likeness (QED) is 0.0379. The second kappa shape index (κ2) is 28.3. The number of imide groups is 1. The second-order valence-electron chi connectivity index (χ2n) is 18.7. The van der Waals surface area contributed by atoms with Crippen molar-refractivity contribution in [2.45, 2.75) is 170 Å². The van der Waals surface area contributed by atoms with Crippen LogP contribution in [0, 0.1) is 23.2 Å². The number of ether oxygens (including phenoxy) is 1. The summed E-state index contributed by atoms with van der Waals surface area (Å²) in [4.78, 5) is 128. The van der Waals surface area contributed by atoms with Gasteiger partial charge in [-0.25, -0.2) is 9.59 Å². The van der Waals surface area contributed by atoms with Crippen LogP contribution in [0.1, 0.15) is 145 Å². The molecule has 69 heavy (non-hydrogen) atoms. The Labute approximate surface area is 405 Å². The van der Waals surface area contributed by atoms with Crippen LogP contribution in [-0.4, -0.2) is 106 Å². The van der Waals surface area contributed by atoms with Crippen molar-refractivity contribution in [3.8, 4) is 0 Å². The molecule has 7 atom stereocenters. The van der Waals surface area contributed by atoms with Gasteiger partial charge in [0.05, 0.1) is 11.5 Å². The number of rotatable bonds is 27. The third kappa shape index (κ3) is 20.1. The molecule has 0 aliphatic carbocycles. The zero-order chi connectivity index (χ0) is 52.2. The van der Waals surface area contributed by atoms with Gasteiger partial charge in [-0.1, -0.05) is 78.8 Å². The van der Waals surface area contributed by atoms with Gasteiger partial charge < -0.3 is 46.6 Å². The highest BCUT2D eigenvalue weighted by Gasteiger charge is 2.43. The summed E-state index contributed by atoms with van der Waals surface area (Å²) in [6.07, 6.45) is 4.26. The fourth-order valence-electron chi connectivity index (χ4n) is 6.97. The Bertz CT molecular complexity index is 1990. The molecule has 0 aromatic heterocycles.